The van der Waals surface area contributed by atoms with Crippen molar-refractivity contribution in [2.45, 2.75) is 39.3 Å². The molecule has 4 rings (SSSR count). The van der Waals surface area contributed by atoms with Gasteiger partial charge in [0.25, 0.3) is 0 Å². The van der Waals surface area contributed by atoms with Crippen LogP contribution in [-0.4, -0.2) is 73.0 Å². The molecule has 0 aliphatic heterocycles. The fourth-order valence-corrected chi connectivity index (χ4v) is 3.81. The second-order valence-electron chi connectivity index (χ2n) is 7.09. The van der Waals surface area contributed by atoms with Gasteiger partial charge in [0, 0.05) is 18.5 Å². The van der Waals surface area contributed by atoms with Crippen molar-refractivity contribution >= 4 is 49.3 Å². The fourth-order valence-electron chi connectivity index (χ4n) is 3.55. The van der Waals surface area contributed by atoms with Crippen LogP contribution in [0.5, 0.6) is 0 Å². The Bertz CT molecular complexity index is 1120. The van der Waals surface area contributed by atoms with E-state index >= 15 is 0 Å². The third kappa shape index (κ3) is 5.35. The summed E-state index contributed by atoms with van der Waals surface area (Å²) in [6.45, 7) is 2.63. The molecule has 0 spiro atoms. The van der Waals surface area contributed by atoms with E-state index in [0.29, 0.717) is 23.2 Å². The number of benzene rings is 2. The van der Waals surface area contributed by atoms with Crippen LogP contribution in [0, 0.1) is 0 Å². The Balaban J connectivity index is 0.00000181. The minimum absolute atomic E-state index is 0. The molecule has 0 radical (unpaired) electrons. The van der Waals surface area contributed by atoms with E-state index in [1.807, 2.05) is 28.8 Å². The minimum Gasteiger partial charge on any atom is -1.00 e. The molecule has 0 unspecified atom stereocenters. The maximum atomic E-state index is 9.77. The van der Waals surface area contributed by atoms with Crippen molar-refractivity contribution in [2.75, 3.05) is 0 Å². The van der Waals surface area contributed by atoms with E-state index in [1.165, 1.54) is 0 Å². The molecule has 0 aliphatic rings. The van der Waals surface area contributed by atoms with Crippen molar-refractivity contribution < 1.29 is 7.96 Å². The number of nitrogens with zero attached hydrogens (tertiary/aromatic N) is 5. The number of hydrogen-bond donors (Lipinski definition) is 2. The third-order valence-corrected chi connectivity index (χ3v) is 5.43. The fraction of sp³-hybridized carbons (Fsp3) is 0.273. The van der Waals surface area contributed by atoms with Crippen LogP contribution in [0.4, 0.5) is 0 Å². The molecule has 0 fully saturated rings. The van der Waals surface area contributed by atoms with Gasteiger partial charge >= 0.3 is 37.7 Å². The first kappa shape index (κ1) is 23.9. The first-order valence-electron chi connectivity index (χ1n) is 9.98. The molecule has 0 aliphatic carbocycles. The molecular formula is C22H25CaClN6O. The maximum Gasteiger partial charge on any atom is 2.00 e. The molecule has 2 aromatic carbocycles. The summed E-state index contributed by atoms with van der Waals surface area (Å²) in [6, 6.07) is 16.3. The Hall–Kier alpha value is -1.77. The van der Waals surface area contributed by atoms with Crippen molar-refractivity contribution in [2.24, 2.45) is 0 Å². The molecule has 0 bridgehead atoms. The third-order valence-electron chi connectivity index (χ3n) is 5.13. The topological polar surface area (TPSA) is 92.5 Å². The largest absolute Gasteiger partial charge is 2.00 e. The van der Waals surface area contributed by atoms with Crippen LogP contribution < -0.4 is 0 Å². The van der Waals surface area contributed by atoms with E-state index in [1.54, 1.807) is 0 Å². The van der Waals surface area contributed by atoms with Crippen LogP contribution in [-0.2, 0) is 19.6 Å². The zero-order valence-electron chi connectivity index (χ0n) is 19.4. The Morgan fingerprint density at radius 1 is 1.10 bits per heavy atom. The summed E-state index contributed by atoms with van der Waals surface area (Å²) in [7, 11) is 0. The van der Waals surface area contributed by atoms with Gasteiger partial charge in [-0.2, -0.15) is 5.21 Å². The predicted octanol–water partition coefficient (Wildman–Crippen LogP) is 4.11. The summed E-state index contributed by atoms with van der Waals surface area (Å²) in [5.74, 6) is 1.48. The maximum absolute atomic E-state index is 9.77. The van der Waals surface area contributed by atoms with Crippen LogP contribution in [0.1, 0.15) is 39.7 Å². The first-order chi connectivity index (χ1) is 14.7. The Morgan fingerprint density at radius 3 is 2.48 bits per heavy atom. The number of aliphatic hydroxyl groups is 1. The summed E-state index contributed by atoms with van der Waals surface area (Å²) in [4.78, 5) is 4.47. The molecule has 31 heavy (non-hydrogen) atoms. The van der Waals surface area contributed by atoms with Crippen molar-refractivity contribution in [1.82, 2.24) is 30.2 Å². The van der Waals surface area contributed by atoms with Gasteiger partial charge in [-0.05, 0) is 28.3 Å². The van der Waals surface area contributed by atoms with Gasteiger partial charge in [-0.1, -0.05) is 73.5 Å². The molecule has 0 saturated carbocycles. The molecule has 0 atom stereocenters. The molecule has 2 N–H and O–H groups in total. The molecule has 4 aromatic rings. The van der Waals surface area contributed by atoms with Crippen molar-refractivity contribution in [3.63, 3.8) is 0 Å². The number of aromatic nitrogens is 6. The molecule has 7 nitrogen and oxygen atoms in total. The summed E-state index contributed by atoms with van der Waals surface area (Å²) in [6.07, 6.45) is 2.95. The van der Waals surface area contributed by atoms with Gasteiger partial charge in [0.15, 0.2) is 5.15 Å². The smallest absolute Gasteiger partial charge is 1.00 e. The van der Waals surface area contributed by atoms with E-state index in [4.69, 9.17) is 11.6 Å². The van der Waals surface area contributed by atoms with E-state index in [9.17, 15) is 5.11 Å². The van der Waals surface area contributed by atoms with Gasteiger partial charge in [0.05, 0.1) is 12.3 Å². The minimum atomic E-state index is -0.131. The predicted molar refractivity (Wildman–Crippen MR) is 124 cm³/mol. The number of nitrogens with one attached hydrogen (secondary N) is 1. The normalized spacial score (nSPS) is 10.8. The average Bonchev–Trinajstić information content (AvgIpc) is 3.41. The molecule has 0 amide bonds. The van der Waals surface area contributed by atoms with Crippen LogP contribution in [0.2, 0.25) is 5.15 Å². The first-order valence-corrected chi connectivity index (χ1v) is 10.4. The van der Waals surface area contributed by atoms with Crippen molar-refractivity contribution in [3.05, 3.63) is 70.8 Å². The summed E-state index contributed by atoms with van der Waals surface area (Å²) >= 11 is 6.26. The molecule has 2 aromatic heterocycles. The zero-order valence-corrected chi connectivity index (χ0v) is 20.4. The van der Waals surface area contributed by atoms with E-state index in [-0.39, 0.29) is 47.2 Å². The van der Waals surface area contributed by atoms with Gasteiger partial charge in [-0.15, -0.1) is 10.2 Å². The number of aliphatic hydroxyl groups excluding tert-OH is 1. The molecule has 2 heterocycles. The number of H-pyrrole nitrogens is 1. The number of imidazole rings is 1. The number of aryl methyl sites for hydroxylation is 1. The zero-order chi connectivity index (χ0) is 20.9. The van der Waals surface area contributed by atoms with E-state index < -0.39 is 0 Å². The SMILES string of the molecule is CCCCc1nc(Cl)c(CO)n1Cc1ccc(-c2ccccc2-c2nn[nH]n2)cc1.[Ca+2].[H-].[H-]. The van der Waals surface area contributed by atoms with Crippen LogP contribution in [0.15, 0.2) is 48.5 Å². The molecule has 158 valence electrons. The number of hydrogen-bond acceptors (Lipinski definition) is 5. The van der Waals surface area contributed by atoms with Gasteiger partial charge in [0.2, 0.25) is 5.82 Å². The van der Waals surface area contributed by atoms with Crippen LogP contribution in [0.25, 0.3) is 22.5 Å². The Kier molecular flexibility index (Phi) is 8.63. The molecule has 9 heteroatoms. The Morgan fingerprint density at radius 2 is 1.84 bits per heavy atom. The monoisotopic (exact) mass is 464 g/mol. The summed E-state index contributed by atoms with van der Waals surface area (Å²) < 4.78 is 2.03. The van der Waals surface area contributed by atoms with Gasteiger partial charge in [-0.25, -0.2) is 4.98 Å². The number of halogens is 1. The second-order valence-corrected chi connectivity index (χ2v) is 7.45. The van der Waals surface area contributed by atoms with Crippen molar-refractivity contribution in [1.29, 1.82) is 0 Å². The van der Waals surface area contributed by atoms with E-state index in [2.05, 4.69) is 56.8 Å². The van der Waals surface area contributed by atoms with Gasteiger partial charge < -0.3 is 12.5 Å². The quantitative estimate of drug-likeness (QED) is 0.383. The number of rotatable bonds is 8. The Labute approximate surface area is 218 Å². The summed E-state index contributed by atoms with van der Waals surface area (Å²) in [5.41, 5.74) is 4.80. The molecular weight excluding hydrogens is 440 g/mol. The second kappa shape index (κ2) is 11.2. The summed E-state index contributed by atoms with van der Waals surface area (Å²) in [5, 5.41) is 24.5. The van der Waals surface area contributed by atoms with Crippen LogP contribution >= 0.6 is 11.6 Å². The number of unbranched alkanes of at least 4 members (excludes halogenated alkanes) is 1. The number of aromatic amines is 1. The van der Waals surface area contributed by atoms with E-state index in [0.717, 1.165) is 47.3 Å². The van der Waals surface area contributed by atoms with Gasteiger partial charge in [-0.3, -0.25) is 0 Å². The standard InChI is InChI=1S/C22H23ClN6O.Ca.2H/c1-2-3-8-20-24-21(23)19(14-30)29(20)13-15-9-11-16(12-10-15)17-6-4-5-7-18(17)22-25-27-28-26-22;;;/h4-7,9-12,30H,2-3,8,13-14H2,1H3,(H,25,26,27,28);;;/q;+2;2*-1. The molecule has 0 saturated heterocycles. The van der Waals surface area contributed by atoms with Gasteiger partial charge in [0.1, 0.15) is 5.82 Å². The van der Waals surface area contributed by atoms with Crippen LogP contribution in [0.3, 0.4) is 0 Å². The van der Waals surface area contributed by atoms with Crippen molar-refractivity contribution in [3.8, 4) is 22.5 Å². The average molecular weight is 465 g/mol. The number of tetrazole rings is 1.